The molecule has 36 heavy (non-hydrogen) atoms. The van der Waals surface area contributed by atoms with Crippen molar-refractivity contribution in [2.45, 2.75) is 38.7 Å². The van der Waals surface area contributed by atoms with Crippen LogP contribution in [0.4, 0.5) is 0 Å². The van der Waals surface area contributed by atoms with Gasteiger partial charge in [-0.3, -0.25) is 0 Å². The summed E-state index contributed by atoms with van der Waals surface area (Å²) in [6.45, 7) is 6.32. The monoisotopic (exact) mass is 511 g/mol. The summed E-state index contributed by atoms with van der Waals surface area (Å²) in [5.41, 5.74) is 2.97. The molecule has 2 aromatic heterocycles. The van der Waals surface area contributed by atoms with E-state index in [0.717, 1.165) is 42.6 Å². The molecule has 1 aliphatic rings. The van der Waals surface area contributed by atoms with E-state index in [1.807, 2.05) is 37.3 Å². The maximum Gasteiger partial charge on any atom is 0.283 e. The quantitative estimate of drug-likeness (QED) is 0.337. The van der Waals surface area contributed by atoms with Crippen LogP contribution in [0.2, 0.25) is 5.02 Å². The fourth-order valence-corrected chi connectivity index (χ4v) is 5.25. The van der Waals surface area contributed by atoms with Crippen LogP contribution in [0, 0.1) is 13.8 Å². The van der Waals surface area contributed by atoms with Gasteiger partial charge in [-0.1, -0.05) is 23.7 Å². The molecule has 0 amide bonds. The zero-order chi connectivity index (χ0) is 25.2. The molecule has 0 spiro atoms. The topological polar surface area (TPSA) is 94.0 Å². The zero-order valence-electron chi connectivity index (χ0n) is 20.7. The number of likely N-dealkylation sites (tertiary alicyclic amines) is 1. The number of furan rings is 1. The maximum atomic E-state index is 10.7. The SMILES string of the molecule is COc1c(C)cc(C2CCN(CC(O)COc3cccc4oc(-c5nnc(C)o5)cc34)CC2)cc1Cl. The second kappa shape index (κ2) is 10.5. The summed E-state index contributed by atoms with van der Waals surface area (Å²) < 4.78 is 22.7. The number of hydrogen-bond donors (Lipinski definition) is 1. The van der Waals surface area contributed by atoms with Gasteiger partial charge in [-0.2, -0.15) is 0 Å². The highest BCUT2D eigenvalue weighted by Crippen LogP contribution is 2.36. The number of hydrogen-bond acceptors (Lipinski definition) is 8. The van der Waals surface area contributed by atoms with Crippen molar-refractivity contribution in [1.82, 2.24) is 15.1 Å². The predicted molar refractivity (Wildman–Crippen MR) is 137 cm³/mol. The molecule has 0 radical (unpaired) electrons. The molecule has 0 bridgehead atoms. The van der Waals surface area contributed by atoms with Crippen molar-refractivity contribution in [3.8, 4) is 23.1 Å². The van der Waals surface area contributed by atoms with Crippen LogP contribution in [0.3, 0.4) is 0 Å². The Labute approximate surface area is 214 Å². The van der Waals surface area contributed by atoms with Gasteiger partial charge in [0.15, 0.2) is 5.76 Å². The first-order chi connectivity index (χ1) is 17.4. The van der Waals surface area contributed by atoms with Gasteiger partial charge in [-0.15, -0.1) is 10.2 Å². The van der Waals surface area contributed by atoms with E-state index >= 15 is 0 Å². The molecule has 9 heteroatoms. The van der Waals surface area contributed by atoms with E-state index in [2.05, 4.69) is 21.2 Å². The first kappa shape index (κ1) is 24.6. The van der Waals surface area contributed by atoms with Crippen molar-refractivity contribution in [3.63, 3.8) is 0 Å². The van der Waals surface area contributed by atoms with E-state index in [9.17, 15) is 5.11 Å². The lowest BCUT2D eigenvalue weighted by atomic mass is 9.88. The summed E-state index contributed by atoms with van der Waals surface area (Å²) in [4.78, 5) is 2.29. The maximum absolute atomic E-state index is 10.7. The first-order valence-electron chi connectivity index (χ1n) is 12.1. The standard InChI is InChI=1S/C27H30ClN3O5/c1-16-11-19(12-22(28)26(16)33-3)18-7-9-31(10-8-18)14-20(32)15-34-23-5-4-6-24-21(23)13-25(36-24)27-30-29-17(2)35-27/h4-6,11-13,18,20,32H,7-10,14-15H2,1-3H3. The number of methoxy groups -OCH3 is 1. The Morgan fingerprint density at radius 3 is 2.64 bits per heavy atom. The summed E-state index contributed by atoms with van der Waals surface area (Å²) >= 11 is 6.41. The van der Waals surface area contributed by atoms with Gasteiger partial charge in [0, 0.05) is 19.5 Å². The Morgan fingerprint density at radius 2 is 1.94 bits per heavy atom. The molecular weight excluding hydrogens is 482 g/mol. The fraction of sp³-hybridized carbons (Fsp3) is 0.407. The van der Waals surface area contributed by atoms with Crippen LogP contribution in [-0.4, -0.2) is 59.7 Å². The van der Waals surface area contributed by atoms with Gasteiger partial charge in [0.2, 0.25) is 5.89 Å². The molecule has 8 nitrogen and oxygen atoms in total. The van der Waals surface area contributed by atoms with Gasteiger partial charge in [-0.25, -0.2) is 0 Å². The molecule has 2 aromatic carbocycles. The third-order valence-corrected chi connectivity index (χ3v) is 6.95. The van der Waals surface area contributed by atoms with Crippen molar-refractivity contribution in [2.24, 2.45) is 0 Å². The van der Waals surface area contributed by atoms with Crippen molar-refractivity contribution < 1.29 is 23.4 Å². The lowest BCUT2D eigenvalue weighted by molar-refractivity contribution is 0.0599. The van der Waals surface area contributed by atoms with Crippen LogP contribution in [0.25, 0.3) is 22.6 Å². The molecular formula is C27H30ClN3O5. The molecule has 1 aliphatic heterocycles. The Morgan fingerprint density at radius 1 is 1.14 bits per heavy atom. The van der Waals surface area contributed by atoms with E-state index in [0.29, 0.717) is 46.4 Å². The van der Waals surface area contributed by atoms with Crippen molar-refractivity contribution >= 4 is 22.6 Å². The van der Waals surface area contributed by atoms with Gasteiger partial charge >= 0.3 is 0 Å². The molecule has 1 unspecified atom stereocenters. The van der Waals surface area contributed by atoms with Crippen LogP contribution < -0.4 is 9.47 Å². The summed E-state index contributed by atoms with van der Waals surface area (Å²) in [6.07, 6.45) is 1.42. The summed E-state index contributed by atoms with van der Waals surface area (Å²) in [5.74, 6) is 3.11. The van der Waals surface area contributed by atoms with Crippen molar-refractivity contribution in [1.29, 1.82) is 0 Å². The number of aromatic nitrogens is 2. The molecule has 1 fully saturated rings. The number of aryl methyl sites for hydroxylation is 2. The van der Waals surface area contributed by atoms with E-state index in [1.54, 1.807) is 14.0 Å². The number of rotatable bonds is 8. The van der Waals surface area contributed by atoms with Gasteiger partial charge in [0.25, 0.3) is 5.89 Å². The molecule has 190 valence electrons. The number of halogens is 1. The molecule has 1 N–H and O–H groups in total. The first-order valence-corrected chi connectivity index (χ1v) is 12.5. The third-order valence-electron chi connectivity index (χ3n) is 6.67. The van der Waals surface area contributed by atoms with E-state index in [1.165, 1.54) is 5.56 Å². The minimum Gasteiger partial charge on any atom is -0.495 e. The Bertz CT molecular complexity index is 1320. The Balaban J connectivity index is 1.15. The lowest BCUT2D eigenvalue weighted by Crippen LogP contribution is -2.40. The number of aliphatic hydroxyl groups is 1. The Kier molecular flexibility index (Phi) is 7.18. The highest BCUT2D eigenvalue weighted by molar-refractivity contribution is 6.32. The minimum absolute atomic E-state index is 0.187. The van der Waals surface area contributed by atoms with Gasteiger partial charge in [0.05, 0.1) is 17.5 Å². The molecule has 4 aromatic rings. The number of nitrogens with zero attached hydrogens (tertiary/aromatic N) is 3. The number of benzene rings is 2. The highest BCUT2D eigenvalue weighted by atomic mass is 35.5. The molecule has 5 rings (SSSR count). The molecule has 3 heterocycles. The molecule has 0 aliphatic carbocycles. The van der Waals surface area contributed by atoms with Crippen LogP contribution in [0.15, 0.2) is 45.2 Å². The Hall–Kier alpha value is -3.07. The highest BCUT2D eigenvalue weighted by Gasteiger charge is 2.24. The number of β-amino-alcohol motifs (C(OH)–C–C–N with tert-alkyl or cyclic N) is 1. The lowest BCUT2D eigenvalue weighted by Gasteiger charge is -2.33. The number of piperidine rings is 1. The summed E-state index contributed by atoms with van der Waals surface area (Å²) in [7, 11) is 1.64. The van der Waals surface area contributed by atoms with Crippen LogP contribution in [0.5, 0.6) is 11.5 Å². The van der Waals surface area contributed by atoms with Gasteiger partial charge < -0.3 is 28.3 Å². The molecule has 1 atom stereocenters. The van der Waals surface area contributed by atoms with Crippen molar-refractivity contribution in [3.05, 3.63) is 58.4 Å². The zero-order valence-corrected chi connectivity index (χ0v) is 21.4. The van der Waals surface area contributed by atoms with Crippen molar-refractivity contribution in [2.75, 3.05) is 33.4 Å². The number of fused-ring (bicyclic) bond motifs is 1. The normalized spacial score (nSPS) is 15.9. The van der Waals surface area contributed by atoms with Gasteiger partial charge in [0.1, 0.15) is 29.8 Å². The third kappa shape index (κ3) is 5.21. The van der Waals surface area contributed by atoms with Gasteiger partial charge in [-0.05, 0) is 68.1 Å². The largest absolute Gasteiger partial charge is 0.495 e. The average Bonchev–Trinajstić information content (AvgIpc) is 3.49. The van der Waals surface area contributed by atoms with E-state index in [-0.39, 0.29) is 6.61 Å². The molecule has 0 saturated carbocycles. The predicted octanol–water partition coefficient (Wildman–Crippen LogP) is 5.38. The fourth-order valence-electron chi connectivity index (χ4n) is 4.90. The smallest absolute Gasteiger partial charge is 0.283 e. The average molecular weight is 512 g/mol. The number of aliphatic hydroxyl groups excluding tert-OH is 1. The second-order valence-electron chi connectivity index (χ2n) is 9.30. The summed E-state index contributed by atoms with van der Waals surface area (Å²) in [5, 5.41) is 20.0. The van der Waals surface area contributed by atoms with E-state index in [4.69, 9.17) is 29.9 Å². The summed E-state index contributed by atoms with van der Waals surface area (Å²) in [6, 6.07) is 11.6. The second-order valence-corrected chi connectivity index (χ2v) is 9.70. The van der Waals surface area contributed by atoms with E-state index < -0.39 is 6.10 Å². The van der Waals surface area contributed by atoms with Crippen LogP contribution >= 0.6 is 11.6 Å². The van der Waals surface area contributed by atoms with Crippen LogP contribution in [-0.2, 0) is 0 Å². The number of ether oxygens (including phenoxy) is 2. The molecule has 1 saturated heterocycles. The van der Waals surface area contributed by atoms with Crippen LogP contribution in [0.1, 0.15) is 35.8 Å². The minimum atomic E-state index is -0.612.